The second-order valence-electron chi connectivity index (χ2n) is 4.70. The summed E-state index contributed by atoms with van der Waals surface area (Å²) >= 11 is 0. The van der Waals surface area contributed by atoms with Gasteiger partial charge in [-0.2, -0.15) is 0 Å². The van der Waals surface area contributed by atoms with Crippen LogP contribution in [-0.2, 0) is 0 Å². The van der Waals surface area contributed by atoms with Crippen molar-refractivity contribution in [2.45, 2.75) is 20.8 Å². The molecule has 92 valence electrons. The molecule has 2 aromatic carbocycles. The van der Waals surface area contributed by atoms with Gasteiger partial charge in [0.05, 0.1) is 0 Å². The van der Waals surface area contributed by atoms with Crippen molar-refractivity contribution in [3.05, 3.63) is 64.2 Å². The van der Waals surface area contributed by atoms with E-state index in [9.17, 15) is 4.79 Å². The van der Waals surface area contributed by atoms with Gasteiger partial charge in [-0.05, 0) is 61.7 Å². The van der Waals surface area contributed by atoms with E-state index in [1.807, 2.05) is 45.0 Å². The number of benzene rings is 2. The van der Waals surface area contributed by atoms with Crippen LogP contribution in [0.1, 0.15) is 32.6 Å². The topological polar surface area (TPSA) is 43.1 Å². The molecule has 0 amide bonds. The fourth-order valence-corrected chi connectivity index (χ4v) is 1.98. The maximum atomic E-state index is 12.4. The third-order valence-electron chi connectivity index (χ3n) is 3.26. The summed E-state index contributed by atoms with van der Waals surface area (Å²) in [7, 11) is 0. The van der Waals surface area contributed by atoms with E-state index in [0.717, 1.165) is 16.7 Å². The fraction of sp³-hybridized carbons (Fsp3) is 0.188. The van der Waals surface area contributed by atoms with Crippen molar-refractivity contribution in [2.24, 2.45) is 0 Å². The zero-order chi connectivity index (χ0) is 13.3. The van der Waals surface area contributed by atoms with Crippen LogP contribution in [0.2, 0.25) is 0 Å². The van der Waals surface area contributed by atoms with Crippen LogP contribution in [0.25, 0.3) is 0 Å². The van der Waals surface area contributed by atoms with Gasteiger partial charge >= 0.3 is 0 Å². The highest BCUT2D eigenvalue weighted by Gasteiger charge is 2.12. The minimum Gasteiger partial charge on any atom is -0.399 e. The summed E-state index contributed by atoms with van der Waals surface area (Å²) in [6.45, 7) is 5.96. The summed E-state index contributed by atoms with van der Waals surface area (Å²) < 4.78 is 0. The van der Waals surface area contributed by atoms with Crippen molar-refractivity contribution in [2.75, 3.05) is 5.73 Å². The molecule has 2 nitrogen and oxygen atoms in total. The number of aryl methyl sites for hydroxylation is 3. The van der Waals surface area contributed by atoms with E-state index in [1.54, 1.807) is 12.1 Å². The van der Waals surface area contributed by atoms with E-state index in [4.69, 9.17) is 5.73 Å². The van der Waals surface area contributed by atoms with Crippen LogP contribution in [0.5, 0.6) is 0 Å². The smallest absolute Gasteiger partial charge is 0.193 e. The maximum absolute atomic E-state index is 12.4. The third kappa shape index (κ3) is 2.28. The van der Waals surface area contributed by atoms with Gasteiger partial charge < -0.3 is 5.73 Å². The first kappa shape index (κ1) is 12.4. The largest absolute Gasteiger partial charge is 0.399 e. The van der Waals surface area contributed by atoms with Gasteiger partial charge in [0.2, 0.25) is 0 Å². The second kappa shape index (κ2) is 4.65. The minimum atomic E-state index is 0.0515. The molecular weight excluding hydrogens is 222 g/mol. The van der Waals surface area contributed by atoms with Crippen molar-refractivity contribution in [1.29, 1.82) is 0 Å². The Balaban J connectivity index is 2.44. The zero-order valence-electron chi connectivity index (χ0n) is 10.9. The number of carbonyl (C=O) groups excluding carboxylic acids is 1. The molecule has 0 aliphatic rings. The van der Waals surface area contributed by atoms with Gasteiger partial charge in [-0.25, -0.2) is 0 Å². The zero-order valence-corrected chi connectivity index (χ0v) is 10.9. The molecule has 0 radical (unpaired) electrons. The van der Waals surface area contributed by atoms with Gasteiger partial charge in [-0.15, -0.1) is 0 Å². The summed E-state index contributed by atoms with van der Waals surface area (Å²) in [6.07, 6.45) is 0. The molecule has 0 bridgehead atoms. The molecule has 0 saturated heterocycles. The lowest BCUT2D eigenvalue weighted by atomic mass is 9.96. The highest BCUT2D eigenvalue weighted by Crippen LogP contribution is 2.18. The number of nitrogens with two attached hydrogens (primary N) is 1. The van der Waals surface area contributed by atoms with Gasteiger partial charge in [0.25, 0.3) is 0 Å². The number of nitrogen functional groups attached to an aromatic ring is 1. The van der Waals surface area contributed by atoms with Crippen molar-refractivity contribution in [3.8, 4) is 0 Å². The van der Waals surface area contributed by atoms with Gasteiger partial charge in [0.15, 0.2) is 5.78 Å². The molecule has 0 unspecified atom stereocenters. The number of rotatable bonds is 2. The Bertz CT molecular complexity index is 614. The summed E-state index contributed by atoms with van der Waals surface area (Å²) in [5.74, 6) is 0.0515. The monoisotopic (exact) mass is 239 g/mol. The van der Waals surface area contributed by atoms with Gasteiger partial charge in [-0.3, -0.25) is 4.79 Å². The lowest BCUT2D eigenvalue weighted by Gasteiger charge is -2.08. The Morgan fingerprint density at radius 2 is 1.61 bits per heavy atom. The third-order valence-corrected chi connectivity index (χ3v) is 3.26. The molecule has 0 atom stereocenters. The summed E-state index contributed by atoms with van der Waals surface area (Å²) in [6, 6.07) is 11.2. The lowest BCUT2D eigenvalue weighted by Crippen LogP contribution is -2.05. The number of anilines is 1. The van der Waals surface area contributed by atoms with Gasteiger partial charge in [0.1, 0.15) is 0 Å². The average molecular weight is 239 g/mol. The number of carbonyl (C=O) groups is 1. The first-order valence-corrected chi connectivity index (χ1v) is 5.97. The fourth-order valence-electron chi connectivity index (χ4n) is 1.98. The highest BCUT2D eigenvalue weighted by molar-refractivity contribution is 6.10. The van der Waals surface area contributed by atoms with Crippen LogP contribution in [0.4, 0.5) is 5.69 Å². The van der Waals surface area contributed by atoms with Crippen molar-refractivity contribution >= 4 is 11.5 Å². The van der Waals surface area contributed by atoms with E-state index in [2.05, 4.69) is 0 Å². The Labute approximate surface area is 107 Å². The summed E-state index contributed by atoms with van der Waals surface area (Å²) in [5, 5.41) is 0. The van der Waals surface area contributed by atoms with Crippen molar-refractivity contribution in [1.82, 2.24) is 0 Å². The molecule has 0 aliphatic heterocycles. The molecule has 0 heterocycles. The summed E-state index contributed by atoms with van der Waals surface area (Å²) in [4.78, 5) is 12.4. The van der Waals surface area contributed by atoms with Gasteiger partial charge in [-0.1, -0.05) is 12.1 Å². The minimum absolute atomic E-state index is 0.0515. The molecule has 0 spiro atoms. The Hall–Kier alpha value is -2.09. The van der Waals surface area contributed by atoms with Crippen LogP contribution < -0.4 is 5.73 Å². The molecule has 2 aromatic rings. The molecule has 0 aromatic heterocycles. The second-order valence-corrected chi connectivity index (χ2v) is 4.70. The first-order chi connectivity index (χ1) is 8.49. The number of ketones is 1. The highest BCUT2D eigenvalue weighted by atomic mass is 16.1. The van der Waals surface area contributed by atoms with Crippen LogP contribution in [-0.4, -0.2) is 5.78 Å². The van der Waals surface area contributed by atoms with Crippen LogP contribution in [0.15, 0.2) is 36.4 Å². The van der Waals surface area contributed by atoms with E-state index in [1.165, 1.54) is 5.56 Å². The molecule has 2 heteroatoms. The Kier molecular flexibility index (Phi) is 3.19. The van der Waals surface area contributed by atoms with Crippen molar-refractivity contribution in [3.63, 3.8) is 0 Å². The average Bonchev–Trinajstić information content (AvgIpc) is 2.32. The molecule has 0 saturated carbocycles. The maximum Gasteiger partial charge on any atom is 0.193 e. The van der Waals surface area contributed by atoms with Crippen LogP contribution >= 0.6 is 0 Å². The van der Waals surface area contributed by atoms with E-state index in [0.29, 0.717) is 11.3 Å². The molecule has 0 aliphatic carbocycles. The van der Waals surface area contributed by atoms with E-state index in [-0.39, 0.29) is 5.78 Å². The molecule has 18 heavy (non-hydrogen) atoms. The van der Waals surface area contributed by atoms with Crippen molar-refractivity contribution < 1.29 is 4.79 Å². The summed E-state index contributed by atoms with van der Waals surface area (Å²) in [5.41, 5.74) is 11.1. The normalized spacial score (nSPS) is 10.4. The molecule has 2 rings (SSSR count). The van der Waals surface area contributed by atoms with Crippen LogP contribution in [0, 0.1) is 20.8 Å². The van der Waals surface area contributed by atoms with Crippen LogP contribution in [0.3, 0.4) is 0 Å². The SMILES string of the molecule is Cc1ccc(C(=O)c2ccc(N)cc2C)cc1C. The number of hydrogen-bond donors (Lipinski definition) is 1. The molecule has 2 N–H and O–H groups in total. The first-order valence-electron chi connectivity index (χ1n) is 5.97. The van der Waals surface area contributed by atoms with E-state index < -0.39 is 0 Å². The standard InChI is InChI=1S/C16H17NO/c1-10-4-5-13(8-11(10)2)16(18)15-7-6-14(17)9-12(15)3/h4-9H,17H2,1-3H3. The Morgan fingerprint density at radius 3 is 2.22 bits per heavy atom. The van der Waals surface area contributed by atoms with E-state index >= 15 is 0 Å². The van der Waals surface area contributed by atoms with Gasteiger partial charge in [0, 0.05) is 16.8 Å². The predicted molar refractivity (Wildman–Crippen MR) is 74.9 cm³/mol. The number of hydrogen-bond acceptors (Lipinski definition) is 2. The Morgan fingerprint density at radius 1 is 0.889 bits per heavy atom. The quantitative estimate of drug-likeness (QED) is 0.644. The molecular formula is C16H17NO. The lowest BCUT2D eigenvalue weighted by molar-refractivity contribution is 0.103. The molecule has 0 fully saturated rings. The predicted octanol–water partition coefficient (Wildman–Crippen LogP) is 3.43.